The number of hydrogen-bond donors (Lipinski definition) is 1. The molecule has 8 nitrogen and oxygen atoms in total. The van der Waals surface area contributed by atoms with Gasteiger partial charge >= 0.3 is 0 Å². The van der Waals surface area contributed by atoms with Gasteiger partial charge in [0, 0.05) is 18.7 Å². The summed E-state index contributed by atoms with van der Waals surface area (Å²) >= 11 is 1.30. The number of aliphatic imine (C=N–C) groups is 1. The number of carbonyl (C=O) groups excluding carboxylic acids is 2. The van der Waals surface area contributed by atoms with E-state index in [1.54, 1.807) is 26.2 Å². The van der Waals surface area contributed by atoms with E-state index in [4.69, 9.17) is 19.2 Å². The predicted octanol–water partition coefficient (Wildman–Crippen LogP) is 5.53. The number of benzene rings is 3. The van der Waals surface area contributed by atoms with Crippen LogP contribution in [0, 0.1) is 13.8 Å². The highest BCUT2D eigenvalue weighted by atomic mass is 32.2. The molecule has 3 aromatic rings. The quantitative estimate of drug-likeness (QED) is 0.379. The van der Waals surface area contributed by atoms with Crippen LogP contribution in [0.25, 0.3) is 0 Å². The maximum atomic E-state index is 13.4. The maximum Gasteiger partial charge on any atom is 0.238 e. The molecule has 0 aliphatic carbocycles. The predicted molar refractivity (Wildman–Crippen MR) is 156 cm³/mol. The van der Waals surface area contributed by atoms with Crippen LogP contribution in [0.2, 0.25) is 0 Å². The van der Waals surface area contributed by atoms with Crippen LogP contribution < -0.4 is 19.5 Å². The van der Waals surface area contributed by atoms with Gasteiger partial charge in [0.25, 0.3) is 0 Å². The monoisotopic (exact) mass is 547 g/mol. The summed E-state index contributed by atoms with van der Waals surface area (Å²) in [7, 11) is 4.79. The van der Waals surface area contributed by atoms with Crippen LogP contribution in [0.5, 0.6) is 17.2 Å². The summed E-state index contributed by atoms with van der Waals surface area (Å²) in [6.45, 7) is 4.36. The van der Waals surface area contributed by atoms with Gasteiger partial charge in [-0.25, -0.2) is 4.99 Å². The van der Waals surface area contributed by atoms with Crippen molar-refractivity contribution in [3.05, 3.63) is 77.4 Å². The van der Waals surface area contributed by atoms with E-state index in [9.17, 15) is 9.59 Å². The van der Waals surface area contributed by atoms with Gasteiger partial charge < -0.3 is 19.5 Å². The third kappa shape index (κ3) is 6.92. The standard InChI is InChI=1S/C30H33N3O5S/c1-19-6-12-24(20(2)16-19)32-29(35)27-18-28(34)33(15-14-21-7-13-25(37-4)26(17-21)38-5)30(39-27)31-22-8-10-23(36-3)11-9-22/h6-13,16-17,27H,14-15,18H2,1-5H3,(H,32,35)/t27-/m1/s1. The third-order valence-corrected chi connectivity index (χ3v) is 7.63. The fraction of sp³-hybridized carbons (Fsp3) is 0.300. The first-order valence-corrected chi connectivity index (χ1v) is 13.5. The lowest BCUT2D eigenvalue weighted by atomic mass is 10.1. The number of carbonyl (C=O) groups is 2. The largest absolute Gasteiger partial charge is 0.497 e. The Kier molecular flexibility index (Phi) is 9.14. The van der Waals surface area contributed by atoms with Gasteiger partial charge in [-0.1, -0.05) is 35.5 Å². The number of aryl methyl sites for hydroxylation is 2. The summed E-state index contributed by atoms with van der Waals surface area (Å²) in [5.74, 6) is 1.61. The average Bonchev–Trinajstić information content (AvgIpc) is 2.94. The number of ether oxygens (including phenoxy) is 3. The van der Waals surface area contributed by atoms with E-state index in [1.165, 1.54) is 11.8 Å². The number of amides is 2. The van der Waals surface area contributed by atoms with Crippen LogP contribution in [0.4, 0.5) is 11.4 Å². The van der Waals surface area contributed by atoms with Crippen LogP contribution in [0.15, 0.2) is 65.7 Å². The number of thioether (sulfide) groups is 1. The number of methoxy groups -OCH3 is 3. The Hall–Kier alpha value is -3.98. The Morgan fingerprint density at radius 1 is 0.974 bits per heavy atom. The topological polar surface area (TPSA) is 89.5 Å². The van der Waals surface area contributed by atoms with Crippen molar-refractivity contribution < 1.29 is 23.8 Å². The molecule has 0 bridgehead atoms. The maximum absolute atomic E-state index is 13.4. The van der Waals surface area contributed by atoms with Gasteiger partial charge in [0.15, 0.2) is 16.7 Å². The molecule has 0 saturated carbocycles. The van der Waals surface area contributed by atoms with Crippen molar-refractivity contribution in [1.29, 1.82) is 0 Å². The van der Waals surface area contributed by atoms with E-state index < -0.39 is 5.25 Å². The molecule has 204 valence electrons. The number of nitrogens with one attached hydrogen (secondary N) is 1. The van der Waals surface area contributed by atoms with Crippen LogP contribution in [-0.4, -0.2) is 55.0 Å². The summed E-state index contributed by atoms with van der Waals surface area (Å²) in [6.07, 6.45) is 0.655. The van der Waals surface area contributed by atoms with Crippen molar-refractivity contribution >= 4 is 40.1 Å². The van der Waals surface area contributed by atoms with Crippen molar-refractivity contribution in [2.24, 2.45) is 4.99 Å². The van der Waals surface area contributed by atoms with Crippen molar-refractivity contribution in [2.45, 2.75) is 31.9 Å². The van der Waals surface area contributed by atoms with Crippen molar-refractivity contribution in [1.82, 2.24) is 4.90 Å². The number of hydrogen-bond acceptors (Lipinski definition) is 7. The summed E-state index contributed by atoms with van der Waals surface area (Å²) in [5, 5.41) is 2.88. The van der Waals surface area contributed by atoms with Gasteiger partial charge in [0.1, 0.15) is 11.0 Å². The van der Waals surface area contributed by atoms with Gasteiger partial charge in [0.05, 0.1) is 27.0 Å². The third-order valence-electron chi connectivity index (χ3n) is 6.44. The first-order chi connectivity index (χ1) is 18.8. The molecule has 1 saturated heterocycles. The minimum absolute atomic E-state index is 0.0783. The second-order valence-corrected chi connectivity index (χ2v) is 10.4. The number of rotatable bonds is 9. The van der Waals surface area contributed by atoms with Gasteiger partial charge in [-0.05, 0) is 73.9 Å². The van der Waals surface area contributed by atoms with E-state index in [2.05, 4.69) is 5.32 Å². The number of nitrogens with zero attached hydrogens (tertiary/aromatic N) is 2. The van der Waals surface area contributed by atoms with E-state index in [0.29, 0.717) is 41.1 Å². The second kappa shape index (κ2) is 12.7. The molecular weight excluding hydrogens is 514 g/mol. The minimum Gasteiger partial charge on any atom is -0.497 e. The lowest BCUT2D eigenvalue weighted by Gasteiger charge is -2.32. The SMILES string of the molecule is COc1ccc(N=C2S[C@@H](C(=O)Nc3ccc(C)cc3C)CC(=O)N2CCc2ccc(OC)c(OC)c2)cc1. The highest BCUT2D eigenvalue weighted by molar-refractivity contribution is 8.15. The van der Waals surface area contributed by atoms with Gasteiger partial charge in [-0.3, -0.25) is 14.5 Å². The van der Waals surface area contributed by atoms with Crippen molar-refractivity contribution in [3.63, 3.8) is 0 Å². The van der Waals surface area contributed by atoms with Crippen molar-refractivity contribution in [2.75, 3.05) is 33.2 Å². The van der Waals surface area contributed by atoms with Gasteiger partial charge in [0.2, 0.25) is 11.8 Å². The molecule has 1 N–H and O–H groups in total. The molecule has 3 aromatic carbocycles. The smallest absolute Gasteiger partial charge is 0.238 e. The Morgan fingerprint density at radius 3 is 2.38 bits per heavy atom. The molecule has 1 aliphatic heterocycles. The van der Waals surface area contributed by atoms with E-state index in [-0.39, 0.29) is 18.2 Å². The zero-order chi connectivity index (χ0) is 27.9. The fourth-order valence-electron chi connectivity index (χ4n) is 4.27. The minimum atomic E-state index is -0.604. The van der Waals surface area contributed by atoms with Gasteiger partial charge in [-0.15, -0.1) is 0 Å². The lowest BCUT2D eigenvalue weighted by molar-refractivity contribution is -0.129. The molecule has 0 radical (unpaired) electrons. The molecule has 4 rings (SSSR count). The highest BCUT2D eigenvalue weighted by Crippen LogP contribution is 2.32. The molecule has 1 fully saturated rings. The molecule has 9 heteroatoms. The Labute approximate surface area is 233 Å². The Bertz CT molecular complexity index is 1370. The zero-order valence-corrected chi connectivity index (χ0v) is 23.6. The van der Waals surface area contributed by atoms with Gasteiger partial charge in [-0.2, -0.15) is 0 Å². The normalized spacial score (nSPS) is 16.2. The molecule has 0 aromatic heterocycles. The summed E-state index contributed by atoms with van der Waals surface area (Å²) in [4.78, 5) is 33.1. The molecule has 1 atom stereocenters. The number of anilines is 1. The van der Waals surface area contributed by atoms with Crippen LogP contribution in [-0.2, 0) is 16.0 Å². The van der Waals surface area contributed by atoms with E-state index >= 15 is 0 Å². The second-order valence-electron chi connectivity index (χ2n) is 9.20. The Morgan fingerprint density at radius 2 is 1.72 bits per heavy atom. The molecule has 0 spiro atoms. The summed E-state index contributed by atoms with van der Waals surface area (Å²) in [5.41, 5.74) is 4.48. The highest BCUT2D eigenvalue weighted by Gasteiger charge is 2.36. The first-order valence-electron chi connectivity index (χ1n) is 12.6. The summed E-state index contributed by atoms with van der Waals surface area (Å²) < 4.78 is 16.0. The number of amidine groups is 1. The molecule has 2 amide bonds. The molecule has 39 heavy (non-hydrogen) atoms. The zero-order valence-electron chi connectivity index (χ0n) is 22.8. The molecule has 1 heterocycles. The molecule has 1 aliphatic rings. The molecular formula is C30H33N3O5S. The van der Waals surface area contributed by atoms with Crippen LogP contribution >= 0.6 is 11.8 Å². The lowest BCUT2D eigenvalue weighted by Crippen LogP contribution is -2.46. The van der Waals surface area contributed by atoms with E-state index in [1.807, 2.05) is 74.5 Å². The van der Waals surface area contributed by atoms with Crippen LogP contribution in [0.1, 0.15) is 23.1 Å². The molecule has 0 unspecified atom stereocenters. The van der Waals surface area contributed by atoms with Crippen molar-refractivity contribution in [3.8, 4) is 17.2 Å². The van der Waals surface area contributed by atoms with E-state index in [0.717, 1.165) is 22.4 Å². The fourth-order valence-corrected chi connectivity index (χ4v) is 5.40. The Balaban J connectivity index is 1.57. The van der Waals surface area contributed by atoms with Crippen LogP contribution in [0.3, 0.4) is 0 Å². The average molecular weight is 548 g/mol. The summed E-state index contributed by atoms with van der Waals surface area (Å²) in [6, 6.07) is 18.8. The first kappa shape index (κ1) is 28.0.